The average Bonchev–Trinajstić information content (AvgIpc) is 3.21. The maximum Gasteiger partial charge on any atom is 0.332 e. The highest BCUT2D eigenvalue weighted by molar-refractivity contribution is 5.75. The summed E-state index contributed by atoms with van der Waals surface area (Å²) in [6.45, 7) is 8.87. The van der Waals surface area contributed by atoms with E-state index in [0.29, 0.717) is 23.6 Å². The van der Waals surface area contributed by atoms with Crippen molar-refractivity contribution < 1.29 is 0 Å². The number of fused-ring (bicyclic) bond motifs is 3. The van der Waals surface area contributed by atoms with Crippen molar-refractivity contribution in [2.75, 3.05) is 18.0 Å². The number of hydrogen-bond donors (Lipinski definition) is 0. The number of nitrogens with zero attached hydrogens (tertiary/aromatic N) is 5. The fraction of sp³-hybridized carbons (Fsp3) is 0.370. The van der Waals surface area contributed by atoms with Crippen molar-refractivity contribution in [2.45, 2.75) is 40.3 Å². The van der Waals surface area contributed by atoms with Crippen LogP contribution in [0.1, 0.15) is 29.2 Å². The summed E-state index contributed by atoms with van der Waals surface area (Å²) in [5.74, 6) is 1.14. The first-order chi connectivity index (χ1) is 16.3. The van der Waals surface area contributed by atoms with Crippen molar-refractivity contribution in [3.05, 3.63) is 91.6 Å². The molecule has 0 saturated heterocycles. The summed E-state index contributed by atoms with van der Waals surface area (Å²) >= 11 is 0. The zero-order valence-corrected chi connectivity index (χ0v) is 20.3. The molecule has 1 atom stereocenters. The summed E-state index contributed by atoms with van der Waals surface area (Å²) in [5.41, 5.74) is 4.79. The first kappa shape index (κ1) is 22.2. The number of rotatable bonds is 5. The highest BCUT2D eigenvalue weighted by atomic mass is 16.2. The lowest BCUT2D eigenvalue weighted by Gasteiger charge is -2.33. The Labute approximate surface area is 198 Å². The Morgan fingerprint density at radius 2 is 1.79 bits per heavy atom. The molecule has 0 N–H and O–H groups in total. The minimum atomic E-state index is -0.335. The fourth-order valence-corrected chi connectivity index (χ4v) is 4.98. The molecule has 34 heavy (non-hydrogen) atoms. The van der Waals surface area contributed by atoms with Crippen LogP contribution >= 0.6 is 0 Å². The summed E-state index contributed by atoms with van der Waals surface area (Å²) in [7, 11) is 1.71. The van der Waals surface area contributed by atoms with Crippen molar-refractivity contribution in [3.8, 4) is 0 Å². The third kappa shape index (κ3) is 3.85. The van der Waals surface area contributed by atoms with E-state index in [1.165, 1.54) is 14.7 Å². The molecule has 1 aliphatic heterocycles. The molecule has 0 radical (unpaired) electrons. The topological polar surface area (TPSA) is 65.1 Å². The predicted molar refractivity (Wildman–Crippen MR) is 136 cm³/mol. The van der Waals surface area contributed by atoms with Crippen molar-refractivity contribution in [1.82, 2.24) is 18.7 Å². The molecule has 0 spiro atoms. The Bertz CT molecular complexity index is 1480. The van der Waals surface area contributed by atoms with E-state index < -0.39 is 0 Å². The zero-order chi connectivity index (χ0) is 24.0. The number of benzene rings is 2. The van der Waals surface area contributed by atoms with Gasteiger partial charge in [-0.1, -0.05) is 61.0 Å². The summed E-state index contributed by atoms with van der Waals surface area (Å²) in [5, 5.41) is 0. The molecule has 1 aliphatic rings. The number of imidazole rings is 1. The standard InChI is InChI=1S/C27H31N5O2/c1-18-10-11-20(3)22(14-18)17-32-25(33)23-24(29(4)27(32)34)28-26-30(15-19(2)16-31(23)26)13-12-21-8-6-5-7-9-21/h5-11,14,19H,12-13,15-17H2,1-4H3. The molecule has 7 heteroatoms. The minimum absolute atomic E-state index is 0.253. The van der Waals surface area contributed by atoms with E-state index in [2.05, 4.69) is 36.1 Å². The van der Waals surface area contributed by atoms with E-state index in [1.807, 2.05) is 42.7 Å². The predicted octanol–water partition coefficient (Wildman–Crippen LogP) is 3.26. The number of anilines is 1. The normalized spacial score (nSPS) is 15.6. The van der Waals surface area contributed by atoms with Crippen LogP contribution in [0.5, 0.6) is 0 Å². The second-order valence-electron chi connectivity index (χ2n) is 9.64. The van der Waals surface area contributed by atoms with Crippen LogP contribution in [-0.4, -0.2) is 31.8 Å². The largest absolute Gasteiger partial charge is 0.342 e. The molecule has 0 bridgehead atoms. The summed E-state index contributed by atoms with van der Waals surface area (Å²) < 4.78 is 4.90. The third-order valence-electron chi connectivity index (χ3n) is 6.87. The van der Waals surface area contributed by atoms with Gasteiger partial charge in [-0.15, -0.1) is 0 Å². The third-order valence-corrected chi connectivity index (χ3v) is 6.87. The lowest BCUT2D eigenvalue weighted by molar-refractivity contribution is 0.437. The fourth-order valence-electron chi connectivity index (χ4n) is 4.98. The Balaban J connectivity index is 1.60. The van der Waals surface area contributed by atoms with Crippen molar-refractivity contribution in [1.29, 1.82) is 0 Å². The van der Waals surface area contributed by atoms with Crippen LogP contribution in [0.2, 0.25) is 0 Å². The number of aromatic nitrogens is 4. The van der Waals surface area contributed by atoms with Crippen molar-refractivity contribution in [3.63, 3.8) is 0 Å². The van der Waals surface area contributed by atoms with Crippen molar-refractivity contribution in [2.24, 2.45) is 13.0 Å². The molecule has 5 rings (SSSR count). The van der Waals surface area contributed by atoms with E-state index in [0.717, 1.165) is 42.1 Å². The molecule has 7 nitrogen and oxygen atoms in total. The molecule has 1 unspecified atom stereocenters. The van der Waals surface area contributed by atoms with Gasteiger partial charge in [0.25, 0.3) is 5.56 Å². The molecule has 2 aromatic heterocycles. The van der Waals surface area contributed by atoms with Gasteiger partial charge in [0.1, 0.15) is 0 Å². The molecule has 0 aliphatic carbocycles. The summed E-state index contributed by atoms with van der Waals surface area (Å²) in [6, 6.07) is 16.5. The van der Waals surface area contributed by atoms with Crippen LogP contribution in [0.3, 0.4) is 0 Å². The van der Waals surface area contributed by atoms with Gasteiger partial charge in [-0.2, -0.15) is 4.98 Å². The molecule has 2 aromatic carbocycles. The summed E-state index contributed by atoms with van der Waals surface area (Å²) in [4.78, 5) is 34.0. The van der Waals surface area contributed by atoms with Crippen LogP contribution in [0.15, 0.2) is 58.1 Å². The number of aryl methyl sites for hydroxylation is 3. The van der Waals surface area contributed by atoms with E-state index in [1.54, 1.807) is 7.05 Å². The van der Waals surface area contributed by atoms with Gasteiger partial charge >= 0.3 is 5.69 Å². The van der Waals surface area contributed by atoms with Crippen LogP contribution in [0.25, 0.3) is 11.2 Å². The van der Waals surface area contributed by atoms with Gasteiger partial charge in [-0.05, 0) is 42.9 Å². The molecular weight excluding hydrogens is 426 g/mol. The molecule has 0 saturated carbocycles. The second-order valence-corrected chi connectivity index (χ2v) is 9.64. The Morgan fingerprint density at radius 3 is 2.56 bits per heavy atom. The summed E-state index contributed by atoms with van der Waals surface area (Å²) in [6.07, 6.45) is 0.895. The van der Waals surface area contributed by atoms with E-state index in [4.69, 9.17) is 4.98 Å². The van der Waals surface area contributed by atoms with Crippen molar-refractivity contribution >= 4 is 17.1 Å². The van der Waals surface area contributed by atoms with Gasteiger partial charge < -0.3 is 9.47 Å². The first-order valence-corrected chi connectivity index (χ1v) is 11.9. The Hall–Kier alpha value is -3.61. The maximum atomic E-state index is 13.7. The molecule has 3 heterocycles. The second kappa shape index (κ2) is 8.63. The Morgan fingerprint density at radius 1 is 1.03 bits per heavy atom. The van der Waals surface area contributed by atoms with Crippen LogP contribution in [-0.2, 0) is 26.6 Å². The highest BCUT2D eigenvalue weighted by Gasteiger charge is 2.29. The van der Waals surface area contributed by atoms with Gasteiger partial charge in [0.05, 0.1) is 6.54 Å². The minimum Gasteiger partial charge on any atom is -0.342 e. The van der Waals surface area contributed by atoms with E-state index >= 15 is 0 Å². The quantitative estimate of drug-likeness (QED) is 0.462. The molecule has 0 amide bonds. The molecule has 4 aromatic rings. The van der Waals surface area contributed by atoms with Gasteiger partial charge in [0.15, 0.2) is 11.2 Å². The monoisotopic (exact) mass is 457 g/mol. The average molecular weight is 458 g/mol. The maximum absolute atomic E-state index is 13.7. The molecule has 176 valence electrons. The van der Waals surface area contributed by atoms with Gasteiger partial charge in [-0.25, -0.2) is 4.79 Å². The Kier molecular flexibility index (Phi) is 5.63. The van der Waals surface area contributed by atoms with E-state index in [9.17, 15) is 9.59 Å². The smallest absolute Gasteiger partial charge is 0.332 e. The van der Waals surface area contributed by atoms with Gasteiger partial charge in [-0.3, -0.25) is 13.9 Å². The van der Waals surface area contributed by atoms with Gasteiger partial charge in [0, 0.05) is 26.7 Å². The first-order valence-electron chi connectivity index (χ1n) is 11.9. The van der Waals surface area contributed by atoms with E-state index in [-0.39, 0.29) is 17.8 Å². The lowest BCUT2D eigenvalue weighted by atomic mass is 10.1. The zero-order valence-electron chi connectivity index (χ0n) is 20.3. The lowest BCUT2D eigenvalue weighted by Crippen LogP contribution is -2.41. The highest BCUT2D eigenvalue weighted by Crippen LogP contribution is 2.27. The van der Waals surface area contributed by atoms with Gasteiger partial charge in [0.2, 0.25) is 5.95 Å². The molecule has 0 fully saturated rings. The number of hydrogen-bond acceptors (Lipinski definition) is 4. The SMILES string of the molecule is Cc1ccc(C)c(Cn2c(=O)c3c(nc4n3CC(C)CN4CCc3ccccc3)n(C)c2=O)c1. The van der Waals surface area contributed by atoms with Crippen LogP contribution in [0, 0.1) is 19.8 Å². The van der Waals surface area contributed by atoms with Crippen LogP contribution in [0.4, 0.5) is 5.95 Å². The van der Waals surface area contributed by atoms with Crippen LogP contribution < -0.4 is 16.1 Å². The molecular formula is C27H31N5O2.